The van der Waals surface area contributed by atoms with Crippen LogP contribution in [0.1, 0.15) is 6.92 Å². The Hall–Kier alpha value is -1.70. The highest BCUT2D eigenvalue weighted by Crippen LogP contribution is 2.12. The third kappa shape index (κ3) is 11.1. The van der Waals surface area contributed by atoms with Crippen LogP contribution in [0, 0.1) is 0 Å². The molecule has 0 aromatic rings. The van der Waals surface area contributed by atoms with Crippen LogP contribution in [-0.2, 0) is 23.8 Å². The minimum absolute atomic E-state index is 0.125. The molecule has 0 aliphatic rings. The van der Waals surface area contributed by atoms with Gasteiger partial charge in [0.1, 0.15) is 0 Å². The first-order chi connectivity index (χ1) is 8.88. The molecule has 0 amide bonds. The second-order valence-corrected chi connectivity index (χ2v) is 3.22. The third-order valence-electron chi connectivity index (χ3n) is 1.66. The number of hydrogen-bond acceptors (Lipinski definition) is 7. The molecule has 0 spiro atoms. The lowest BCUT2D eigenvalue weighted by atomic mass is 10.3. The fourth-order valence-electron chi connectivity index (χ4n) is 0.646. The number of hydrogen-bond donors (Lipinski definition) is 2. The molecule has 19 heavy (non-hydrogen) atoms. The predicted octanol–water partition coefficient (Wildman–Crippen LogP) is -0.222. The predicted molar refractivity (Wildman–Crippen MR) is 67.0 cm³/mol. The summed E-state index contributed by atoms with van der Waals surface area (Å²) in [4.78, 5) is 21.7. The summed E-state index contributed by atoms with van der Waals surface area (Å²) in [7, 11) is 1.33. The van der Waals surface area contributed by atoms with E-state index in [2.05, 4.69) is 13.2 Å². The third-order valence-corrected chi connectivity index (χ3v) is 1.66. The fourth-order valence-corrected chi connectivity index (χ4v) is 0.646. The van der Waals surface area contributed by atoms with Crippen LogP contribution in [0.3, 0.4) is 0 Å². The van der Waals surface area contributed by atoms with Crippen molar-refractivity contribution in [3.63, 3.8) is 0 Å². The van der Waals surface area contributed by atoms with Gasteiger partial charge >= 0.3 is 11.9 Å². The van der Waals surface area contributed by atoms with Gasteiger partial charge in [-0.25, -0.2) is 9.59 Å². The SMILES string of the molecule is C=CC(=O)OCC(C)(OC)OC(=O)C=C.OCCO. The normalized spacial score (nSPS) is 12.2. The summed E-state index contributed by atoms with van der Waals surface area (Å²) in [6.45, 7) is 7.46. The topological polar surface area (TPSA) is 102 Å². The number of aliphatic hydroxyl groups excluding tert-OH is 2. The van der Waals surface area contributed by atoms with Gasteiger partial charge in [-0.3, -0.25) is 0 Å². The molecule has 1 atom stereocenters. The molecule has 1 unspecified atom stereocenters. The highest BCUT2D eigenvalue weighted by atomic mass is 16.7. The highest BCUT2D eigenvalue weighted by molar-refractivity contribution is 5.82. The van der Waals surface area contributed by atoms with Gasteiger partial charge in [0.2, 0.25) is 5.79 Å². The number of esters is 2. The van der Waals surface area contributed by atoms with Crippen LogP contribution < -0.4 is 0 Å². The molecule has 110 valence electrons. The van der Waals surface area contributed by atoms with Crippen molar-refractivity contribution in [2.24, 2.45) is 0 Å². The first-order valence-electron chi connectivity index (χ1n) is 5.30. The first kappa shape index (κ1) is 19.6. The molecule has 0 radical (unpaired) electrons. The van der Waals surface area contributed by atoms with Crippen LogP contribution in [0.15, 0.2) is 25.3 Å². The average molecular weight is 276 g/mol. The zero-order valence-electron chi connectivity index (χ0n) is 11.1. The summed E-state index contributed by atoms with van der Waals surface area (Å²) >= 11 is 0. The number of methoxy groups -OCH3 is 1. The van der Waals surface area contributed by atoms with Crippen molar-refractivity contribution in [1.82, 2.24) is 0 Å². The molecule has 2 N–H and O–H groups in total. The number of aliphatic hydroxyl groups is 2. The lowest BCUT2D eigenvalue weighted by Gasteiger charge is -2.26. The van der Waals surface area contributed by atoms with E-state index in [4.69, 9.17) is 24.4 Å². The number of rotatable bonds is 7. The van der Waals surface area contributed by atoms with Crippen molar-refractivity contribution in [3.05, 3.63) is 25.3 Å². The smallest absolute Gasteiger partial charge is 0.332 e. The molecule has 0 heterocycles. The first-order valence-corrected chi connectivity index (χ1v) is 5.30. The molecule has 0 saturated heterocycles. The monoisotopic (exact) mass is 276 g/mol. The van der Waals surface area contributed by atoms with Crippen molar-refractivity contribution < 1.29 is 34.0 Å². The maximum Gasteiger partial charge on any atom is 0.332 e. The molecule has 0 saturated carbocycles. The lowest BCUT2D eigenvalue weighted by molar-refractivity contribution is -0.227. The second-order valence-electron chi connectivity index (χ2n) is 3.22. The zero-order valence-corrected chi connectivity index (χ0v) is 11.1. The van der Waals surface area contributed by atoms with Gasteiger partial charge in [-0.05, 0) is 0 Å². The number of ether oxygens (including phenoxy) is 3. The van der Waals surface area contributed by atoms with Gasteiger partial charge in [-0.2, -0.15) is 0 Å². The Balaban J connectivity index is 0. The minimum atomic E-state index is -1.32. The molecular formula is C12H20O7. The van der Waals surface area contributed by atoms with Crippen LogP contribution in [0.2, 0.25) is 0 Å². The van der Waals surface area contributed by atoms with Gasteiger partial charge in [0.15, 0.2) is 6.61 Å². The van der Waals surface area contributed by atoms with Gasteiger partial charge in [0.25, 0.3) is 0 Å². The lowest BCUT2D eigenvalue weighted by Crippen LogP contribution is -2.39. The van der Waals surface area contributed by atoms with E-state index in [1.165, 1.54) is 14.0 Å². The Bertz CT molecular complexity index is 298. The van der Waals surface area contributed by atoms with E-state index in [0.29, 0.717) is 0 Å². The van der Waals surface area contributed by atoms with Crippen LogP contribution in [0.4, 0.5) is 0 Å². The van der Waals surface area contributed by atoms with E-state index in [1.807, 2.05) is 0 Å². The molecular weight excluding hydrogens is 256 g/mol. The van der Waals surface area contributed by atoms with Gasteiger partial charge in [0.05, 0.1) is 13.2 Å². The number of carbonyl (C=O) groups excluding carboxylic acids is 2. The van der Waals surface area contributed by atoms with Crippen LogP contribution in [0.5, 0.6) is 0 Å². The summed E-state index contributed by atoms with van der Waals surface area (Å²) in [5, 5.41) is 15.2. The Morgan fingerprint density at radius 2 is 1.63 bits per heavy atom. The van der Waals surface area contributed by atoms with E-state index in [1.54, 1.807) is 0 Å². The molecule has 0 aromatic carbocycles. The summed E-state index contributed by atoms with van der Waals surface area (Å²) in [6.07, 6.45) is 2.00. The van der Waals surface area contributed by atoms with Crippen LogP contribution >= 0.6 is 0 Å². The summed E-state index contributed by atoms with van der Waals surface area (Å²) < 4.78 is 14.4. The van der Waals surface area contributed by atoms with E-state index >= 15 is 0 Å². The Morgan fingerprint density at radius 3 is 1.95 bits per heavy atom. The summed E-state index contributed by atoms with van der Waals surface area (Å²) in [6, 6.07) is 0. The van der Waals surface area contributed by atoms with Gasteiger partial charge in [0, 0.05) is 26.2 Å². The molecule has 0 aliphatic heterocycles. The van der Waals surface area contributed by atoms with Gasteiger partial charge < -0.3 is 24.4 Å². The van der Waals surface area contributed by atoms with E-state index in [9.17, 15) is 9.59 Å². The van der Waals surface area contributed by atoms with Crippen LogP contribution in [-0.4, -0.2) is 54.9 Å². The van der Waals surface area contributed by atoms with Crippen molar-refractivity contribution in [3.8, 4) is 0 Å². The Labute approximate surface area is 112 Å². The van der Waals surface area contributed by atoms with E-state index < -0.39 is 17.7 Å². The van der Waals surface area contributed by atoms with Crippen molar-refractivity contribution in [1.29, 1.82) is 0 Å². The maximum atomic E-state index is 10.9. The molecule has 0 aromatic heterocycles. The maximum absolute atomic E-state index is 10.9. The number of carbonyl (C=O) groups is 2. The Kier molecular flexibility index (Phi) is 11.8. The van der Waals surface area contributed by atoms with E-state index in [0.717, 1.165) is 12.2 Å². The van der Waals surface area contributed by atoms with Gasteiger partial charge in [-0.15, -0.1) is 0 Å². The second kappa shape index (κ2) is 11.4. The fraction of sp³-hybridized carbons (Fsp3) is 0.500. The highest BCUT2D eigenvalue weighted by Gasteiger charge is 2.29. The van der Waals surface area contributed by atoms with Crippen molar-refractivity contribution in [2.75, 3.05) is 26.9 Å². The Morgan fingerprint density at radius 1 is 1.16 bits per heavy atom. The molecule has 0 rings (SSSR count). The molecule has 0 bridgehead atoms. The van der Waals surface area contributed by atoms with Crippen molar-refractivity contribution in [2.45, 2.75) is 12.7 Å². The molecule has 7 nitrogen and oxygen atoms in total. The summed E-state index contributed by atoms with van der Waals surface area (Å²) in [5.74, 6) is -2.59. The quantitative estimate of drug-likeness (QED) is 0.376. The van der Waals surface area contributed by atoms with Crippen molar-refractivity contribution >= 4 is 11.9 Å². The average Bonchev–Trinajstić information content (AvgIpc) is 2.44. The van der Waals surface area contributed by atoms with Gasteiger partial charge in [-0.1, -0.05) is 13.2 Å². The van der Waals surface area contributed by atoms with Crippen LogP contribution in [0.25, 0.3) is 0 Å². The molecule has 0 aliphatic carbocycles. The zero-order chi connectivity index (χ0) is 15.3. The standard InChI is InChI=1S/C10H14O5.C2H6O2/c1-5-8(11)14-7-10(3,13-4)15-9(12)6-2;3-1-2-4/h5-6H,1-2,7H2,3-4H3;3-4H,1-2H2. The molecule has 0 fully saturated rings. The largest absolute Gasteiger partial charge is 0.456 e. The minimum Gasteiger partial charge on any atom is -0.456 e. The molecule has 7 heteroatoms. The summed E-state index contributed by atoms with van der Waals surface area (Å²) in [5.41, 5.74) is 0. The van der Waals surface area contributed by atoms with E-state index in [-0.39, 0.29) is 19.8 Å².